The number of carbonyl (C=O) groups is 1. The number of allylic oxidation sites excluding steroid dienone is 1. The molecule has 0 spiro atoms. The van der Waals surface area contributed by atoms with Gasteiger partial charge in [-0.05, 0) is 59.3 Å². The van der Waals surface area contributed by atoms with Crippen molar-refractivity contribution in [2.24, 2.45) is 0 Å². The highest BCUT2D eigenvalue weighted by molar-refractivity contribution is 14.1. The minimum Gasteiger partial charge on any atom is -0.357 e. The lowest BCUT2D eigenvalue weighted by Crippen LogP contribution is -2.28. The Kier molecular flexibility index (Phi) is 5.01. The van der Waals surface area contributed by atoms with Crippen LogP contribution in [0.5, 0.6) is 0 Å². The minimum absolute atomic E-state index is 0.0294. The van der Waals surface area contributed by atoms with E-state index >= 15 is 0 Å². The molecule has 3 nitrogen and oxygen atoms in total. The highest BCUT2D eigenvalue weighted by Gasteiger charge is 2.10. The van der Waals surface area contributed by atoms with Crippen LogP contribution in [-0.4, -0.2) is 24.4 Å². The van der Waals surface area contributed by atoms with Crippen LogP contribution in [0.3, 0.4) is 0 Å². The molecule has 0 atom stereocenters. The number of nitrogens with zero attached hydrogens (tertiary/aromatic N) is 1. The first-order chi connectivity index (χ1) is 9.15. The van der Waals surface area contributed by atoms with Crippen molar-refractivity contribution >= 4 is 28.5 Å². The van der Waals surface area contributed by atoms with Crippen molar-refractivity contribution in [3.63, 3.8) is 0 Å². The van der Waals surface area contributed by atoms with Gasteiger partial charge in [-0.15, -0.1) is 0 Å². The fraction of sp³-hybridized carbons (Fsp3) is 0.267. The molecule has 0 radical (unpaired) electrons. The van der Waals surface area contributed by atoms with Crippen molar-refractivity contribution in [1.29, 1.82) is 0 Å². The van der Waals surface area contributed by atoms with Crippen LogP contribution in [-0.2, 0) is 11.2 Å². The number of nitrogens with one attached hydrogen (secondary N) is 1. The van der Waals surface area contributed by atoms with E-state index in [0.717, 1.165) is 12.0 Å². The van der Waals surface area contributed by atoms with Gasteiger partial charge in [-0.2, -0.15) is 0 Å². The summed E-state index contributed by atoms with van der Waals surface area (Å²) >= 11 is 2.29. The van der Waals surface area contributed by atoms with Crippen LogP contribution in [0.1, 0.15) is 12.0 Å². The van der Waals surface area contributed by atoms with E-state index in [0.29, 0.717) is 13.0 Å². The van der Waals surface area contributed by atoms with Crippen molar-refractivity contribution in [3.05, 3.63) is 57.4 Å². The molecule has 0 saturated heterocycles. The number of hydrogen-bond acceptors (Lipinski definition) is 2. The van der Waals surface area contributed by atoms with Crippen molar-refractivity contribution in [2.75, 3.05) is 13.6 Å². The van der Waals surface area contributed by atoms with E-state index in [2.05, 4.69) is 52.2 Å². The molecule has 0 unspecified atom stereocenters. The SMILES string of the molecule is CN1C=CCC(C(=O)NCCc2ccc(I)cc2)=C1. The molecule has 0 aliphatic carbocycles. The van der Waals surface area contributed by atoms with Crippen LogP contribution in [0.25, 0.3) is 0 Å². The third kappa shape index (κ3) is 4.38. The molecule has 4 heteroatoms. The Hall–Kier alpha value is -1.30. The molecule has 1 heterocycles. The summed E-state index contributed by atoms with van der Waals surface area (Å²) in [5.74, 6) is 0.0294. The molecular weight excluding hydrogens is 351 g/mol. The van der Waals surface area contributed by atoms with Gasteiger partial charge < -0.3 is 10.2 Å². The normalized spacial score (nSPS) is 14.2. The third-order valence-electron chi connectivity index (χ3n) is 2.94. The van der Waals surface area contributed by atoms with E-state index in [-0.39, 0.29) is 5.91 Å². The number of hydrogen-bond donors (Lipinski definition) is 1. The maximum absolute atomic E-state index is 11.9. The molecule has 1 aliphatic heterocycles. The number of carbonyl (C=O) groups excluding carboxylic acids is 1. The fourth-order valence-electron chi connectivity index (χ4n) is 1.92. The van der Waals surface area contributed by atoms with Gasteiger partial charge in [-0.25, -0.2) is 0 Å². The Bertz CT molecular complexity index is 505. The van der Waals surface area contributed by atoms with Crippen molar-refractivity contribution in [2.45, 2.75) is 12.8 Å². The van der Waals surface area contributed by atoms with E-state index < -0.39 is 0 Å². The second kappa shape index (κ2) is 6.75. The van der Waals surface area contributed by atoms with E-state index in [9.17, 15) is 4.79 Å². The third-order valence-corrected chi connectivity index (χ3v) is 3.66. The zero-order valence-corrected chi connectivity index (χ0v) is 13.1. The minimum atomic E-state index is 0.0294. The Balaban J connectivity index is 1.79. The number of halogens is 1. The average Bonchev–Trinajstić information content (AvgIpc) is 2.41. The topological polar surface area (TPSA) is 32.3 Å². The molecular formula is C15H17IN2O. The molecule has 100 valence electrons. The highest BCUT2D eigenvalue weighted by atomic mass is 127. The van der Waals surface area contributed by atoms with Gasteiger partial charge in [-0.3, -0.25) is 4.79 Å². The number of rotatable bonds is 4. The molecule has 1 aromatic rings. The predicted octanol–water partition coefficient (Wildman–Crippen LogP) is 2.68. The first-order valence-corrected chi connectivity index (χ1v) is 7.35. The van der Waals surface area contributed by atoms with Gasteiger partial charge >= 0.3 is 0 Å². The Morgan fingerprint density at radius 2 is 2.11 bits per heavy atom. The largest absolute Gasteiger partial charge is 0.357 e. The van der Waals surface area contributed by atoms with Crippen LogP contribution in [0.2, 0.25) is 0 Å². The van der Waals surface area contributed by atoms with Crippen molar-refractivity contribution in [1.82, 2.24) is 10.2 Å². The summed E-state index contributed by atoms with van der Waals surface area (Å²) in [6.07, 6.45) is 7.40. The van der Waals surface area contributed by atoms with Crippen LogP contribution < -0.4 is 5.32 Å². The van der Waals surface area contributed by atoms with E-state index in [4.69, 9.17) is 0 Å². The average molecular weight is 368 g/mol. The Morgan fingerprint density at radius 3 is 2.79 bits per heavy atom. The summed E-state index contributed by atoms with van der Waals surface area (Å²) in [6.45, 7) is 0.671. The number of benzene rings is 1. The fourth-order valence-corrected chi connectivity index (χ4v) is 2.28. The number of amides is 1. The smallest absolute Gasteiger partial charge is 0.249 e. The highest BCUT2D eigenvalue weighted by Crippen LogP contribution is 2.10. The Morgan fingerprint density at radius 1 is 1.37 bits per heavy atom. The summed E-state index contributed by atoms with van der Waals surface area (Å²) < 4.78 is 1.23. The summed E-state index contributed by atoms with van der Waals surface area (Å²) in [5.41, 5.74) is 2.06. The maximum atomic E-state index is 11.9. The van der Waals surface area contributed by atoms with E-state index in [1.54, 1.807) is 0 Å². The maximum Gasteiger partial charge on any atom is 0.249 e. The van der Waals surface area contributed by atoms with Gasteiger partial charge in [0.2, 0.25) is 5.91 Å². The van der Waals surface area contributed by atoms with Crippen LogP contribution in [0.15, 0.2) is 48.3 Å². The zero-order valence-electron chi connectivity index (χ0n) is 10.9. The molecule has 1 N–H and O–H groups in total. The molecule has 19 heavy (non-hydrogen) atoms. The monoisotopic (exact) mass is 368 g/mol. The van der Waals surface area contributed by atoms with E-state index in [1.165, 1.54) is 9.13 Å². The second-order valence-corrected chi connectivity index (χ2v) is 5.79. The quantitative estimate of drug-likeness (QED) is 0.829. The van der Waals surface area contributed by atoms with Gasteiger partial charge in [0.1, 0.15) is 0 Å². The first-order valence-electron chi connectivity index (χ1n) is 6.27. The molecule has 2 rings (SSSR count). The van der Waals surface area contributed by atoms with Crippen molar-refractivity contribution < 1.29 is 4.79 Å². The van der Waals surface area contributed by atoms with Crippen LogP contribution in [0.4, 0.5) is 0 Å². The summed E-state index contributed by atoms with van der Waals surface area (Å²) in [6, 6.07) is 8.37. The van der Waals surface area contributed by atoms with Gasteiger partial charge in [0.25, 0.3) is 0 Å². The zero-order chi connectivity index (χ0) is 13.7. The summed E-state index contributed by atoms with van der Waals surface area (Å²) in [5, 5.41) is 2.97. The predicted molar refractivity (Wildman–Crippen MR) is 85.5 cm³/mol. The lowest BCUT2D eigenvalue weighted by atomic mass is 10.1. The summed E-state index contributed by atoms with van der Waals surface area (Å²) in [4.78, 5) is 13.8. The van der Waals surface area contributed by atoms with Crippen LogP contribution in [0, 0.1) is 3.57 Å². The molecule has 0 saturated carbocycles. The van der Waals surface area contributed by atoms with Gasteiger partial charge in [0.15, 0.2) is 0 Å². The Labute approximate surface area is 127 Å². The molecule has 1 aromatic carbocycles. The molecule has 0 bridgehead atoms. The van der Waals surface area contributed by atoms with Gasteiger partial charge in [0, 0.05) is 28.9 Å². The molecule has 1 amide bonds. The molecule has 1 aliphatic rings. The van der Waals surface area contributed by atoms with E-state index in [1.807, 2.05) is 30.4 Å². The summed E-state index contributed by atoms with van der Waals surface area (Å²) in [7, 11) is 1.93. The molecule has 0 fully saturated rings. The van der Waals surface area contributed by atoms with Gasteiger partial charge in [-0.1, -0.05) is 18.2 Å². The van der Waals surface area contributed by atoms with Crippen LogP contribution >= 0.6 is 22.6 Å². The van der Waals surface area contributed by atoms with Crippen molar-refractivity contribution in [3.8, 4) is 0 Å². The lowest BCUT2D eigenvalue weighted by Gasteiger charge is -2.16. The first kappa shape index (κ1) is 14.1. The lowest BCUT2D eigenvalue weighted by molar-refractivity contribution is -0.117. The second-order valence-electron chi connectivity index (χ2n) is 4.54. The van der Waals surface area contributed by atoms with Gasteiger partial charge in [0.05, 0.1) is 0 Å². The molecule has 0 aromatic heterocycles. The standard InChI is InChI=1S/C15H17IN2O/c1-18-10-2-3-13(11-18)15(19)17-9-8-12-4-6-14(16)7-5-12/h2,4-7,10-11H,3,8-9H2,1H3,(H,17,19).